The molecular formula is C26H22F3N5O3S. The van der Waals surface area contributed by atoms with E-state index in [4.69, 9.17) is 9.82 Å². The van der Waals surface area contributed by atoms with Gasteiger partial charge in [-0.15, -0.1) is 11.3 Å². The number of hydrogen-bond acceptors (Lipinski definition) is 7. The minimum absolute atomic E-state index is 0.132. The van der Waals surface area contributed by atoms with Gasteiger partial charge in [-0.1, -0.05) is 23.4 Å². The summed E-state index contributed by atoms with van der Waals surface area (Å²) in [7, 11) is 0. The van der Waals surface area contributed by atoms with Crippen LogP contribution in [0.1, 0.15) is 58.7 Å². The normalized spacial score (nSPS) is 18.1. The molecule has 1 fully saturated rings. The number of carbonyl (C=O) groups excluding carboxylic acids is 1. The van der Waals surface area contributed by atoms with Crippen molar-refractivity contribution in [2.75, 3.05) is 13.1 Å². The second-order valence-electron chi connectivity index (χ2n) is 9.11. The second-order valence-corrected chi connectivity index (χ2v) is 10.0. The van der Waals surface area contributed by atoms with E-state index in [-0.39, 0.29) is 12.0 Å². The number of halogens is 3. The summed E-state index contributed by atoms with van der Waals surface area (Å²) in [6, 6.07) is 11.3. The van der Waals surface area contributed by atoms with Crippen LogP contribution in [0.25, 0.3) is 0 Å². The van der Waals surface area contributed by atoms with Gasteiger partial charge in [-0.3, -0.25) is 9.59 Å². The van der Waals surface area contributed by atoms with Crippen molar-refractivity contribution in [2.24, 2.45) is 5.16 Å². The lowest BCUT2D eigenvalue weighted by Crippen LogP contribution is -2.41. The lowest BCUT2D eigenvalue weighted by molar-refractivity contribution is -0.139. The van der Waals surface area contributed by atoms with E-state index < -0.39 is 29.8 Å². The van der Waals surface area contributed by atoms with E-state index in [0.29, 0.717) is 49.7 Å². The van der Waals surface area contributed by atoms with Crippen LogP contribution < -0.4 is 5.56 Å². The molecule has 1 unspecified atom stereocenters. The minimum Gasteiger partial charge on any atom is -0.387 e. The van der Waals surface area contributed by atoms with Gasteiger partial charge in [0.15, 0.2) is 6.10 Å². The Hall–Kier alpha value is -3.98. The number of hydrogen-bond donors (Lipinski definition) is 0. The van der Waals surface area contributed by atoms with Crippen molar-refractivity contribution in [3.63, 3.8) is 0 Å². The molecule has 5 rings (SSSR count). The molecule has 0 aliphatic carbocycles. The molecule has 1 aromatic carbocycles. The maximum atomic E-state index is 13.0. The van der Waals surface area contributed by atoms with Crippen molar-refractivity contribution in [3.8, 4) is 6.07 Å². The predicted octanol–water partition coefficient (Wildman–Crippen LogP) is 4.47. The van der Waals surface area contributed by atoms with Crippen LogP contribution in [0.3, 0.4) is 0 Å². The number of carbonyl (C=O) groups is 1. The van der Waals surface area contributed by atoms with Crippen LogP contribution in [-0.2, 0) is 22.4 Å². The lowest BCUT2D eigenvalue weighted by atomic mass is 9.97. The molecule has 1 amide bonds. The minimum atomic E-state index is -4.77. The van der Waals surface area contributed by atoms with Gasteiger partial charge in [-0.2, -0.15) is 18.4 Å². The van der Waals surface area contributed by atoms with Gasteiger partial charge in [-0.25, -0.2) is 4.98 Å². The summed E-state index contributed by atoms with van der Waals surface area (Å²) in [5.74, 6) is -0.266. The van der Waals surface area contributed by atoms with E-state index >= 15 is 0 Å². The van der Waals surface area contributed by atoms with Crippen molar-refractivity contribution >= 4 is 23.0 Å². The molecule has 0 bridgehead atoms. The van der Waals surface area contributed by atoms with Gasteiger partial charge in [-0.05, 0) is 31.0 Å². The van der Waals surface area contributed by atoms with Crippen LogP contribution in [0.5, 0.6) is 0 Å². The summed E-state index contributed by atoms with van der Waals surface area (Å²) in [5, 5.41) is 16.4. The van der Waals surface area contributed by atoms with E-state index in [2.05, 4.69) is 11.2 Å². The standard InChI is InChI=1S/C26H22F3N5O3S/c27-26(28,29)19-6-3-9-34(25(19)36)14-23(35)33-10-7-16(8-11-33)24-31-21(15-38-24)20-12-22(37-32-20)18-5-2-1-4-17(18)13-30/h1-6,9,15-16,22H,7-8,10-12,14H2. The monoisotopic (exact) mass is 541 g/mol. The predicted molar refractivity (Wildman–Crippen MR) is 133 cm³/mol. The zero-order valence-electron chi connectivity index (χ0n) is 20.0. The Morgan fingerprint density at radius 2 is 1.95 bits per heavy atom. The lowest BCUT2D eigenvalue weighted by Gasteiger charge is -2.31. The van der Waals surface area contributed by atoms with Crippen LogP contribution in [0.4, 0.5) is 13.2 Å². The maximum absolute atomic E-state index is 13.0. The first-order valence-corrected chi connectivity index (χ1v) is 12.8. The number of likely N-dealkylation sites (tertiary alicyclic amines) is 1. The molecule has 2 aliphatic heterocycles. The molecule has 3 aromatic rings. The molecule has 1 saturated heterocycles. The van der Waals surface area contributed by atoms with Crippen LogP contribution in [0.15, 0.2) is 57.9 Å². The van der Waals surface area contributed by atoms with Crippen LogP contribution in [0, 0.1) is 11.3 Å². The van der Waals surface area contributed by atoms with Crippen LogP contribution >= 0.6 is 11.3 Å². The van der Waals surface area contributed by atoms with Gasteiger partial charge >= 0.3 is 6.18 Å². The molecule has 0 saturated carbocycles. The van der Waals surface area contributed by atoms with E-state index in [1.165, 1.54) is 17.5 Å². The Kier molecular flexibility index (Phi) is 7.03. The summed E-state index contributed by atoms with van der Waals surface area (Å²) in [6.45, 7) is 0.400. The maximum Gasteiger partial charge on any atom is 0.421 e. The Morgan fingerprint density at radius 3 is 2.68 bits per heavy atom. The van der Waals surface area contributed by atoms with Crippen molar-refractivity contribution in [2.45, 2.75) is 44.0 Å². The Labute approximate surface area is 219 Å². The van der Waals surface area contributed by atoms with Gasteiger partial charge in [0.25, 0.3) is 5.56 Å². The number of rotatable bonds is 5. The highest BCUT2D eigenvalue weighted by atomic mass is 32.1. The van der Waals surface area contributed by atoms with Crippen LogP contribution in [0.2, 0.25) is 0 Å². The first-order chi connectivity index (χ1) is 18.2. The Balaban J connectivity index is 1.18. The summed E-state index contributed by atoms with van der Waals surface area (Å²) in [6.07, 6.45) is -2.12. The highest BCUT2D eigenvalue weighted by Crippen LogP contribution is 2.34. The quantitative estimate of drug-likeness (QED) is 0.475. The number of thiazole rings is 1. The topological polar surface area (TPSA) is 101 Å². The SMILES string of the molecule is N#Cc1ccccc1C1CC(c2csc(C3CCN(C(=O)Cn4cccc(C(F)(F)F)c4=O)CC3)n2)=NO1. The number of nitrogens with zero attached hydrogens (tertiary/aromatic N) is 5. The number of pyridine rings is 1. The molecule has 38 heavy (non-hydrogen) atoms. The highest BCUT2D eigenvalue weighted by Gasteiger charge is 2.35. The number of piperidine rings is 1. The van der Waals surface area contributed by atoms with Gasteiger partial charge in [0.2, 0.25) is 5.91 Å². The Bertz CT molecular complexity index is 1480. The van der Waals surface area contributed by atoms with E-state index in [1.54, 1.807) is 17.0 Å². The third-order valence-corrected chi connectivity index (χ3v) is 7.75. The van der Waals surface area contributed by atoms with E-state index in [1.807, 2.05) is 17.5 Å². The first-order valence-electron chi connectivity index (χ1n) is 12.0. The molecule has 0 spiro atoms. The molecule has 2 aromatic heterocycles. The van der Waals surface area contributed by atoms with E-state index in [9.17, 15) is 28.0 Å². The number of aromatic nitrogens is 2. The zero-order chi connectivity index (χ0) is 26.9. The molecule has 8 nitrogen and oxygen atoms in total. The fraction of sp³-hybridized carbons (Fsp3) is 0.346. The van der Waals surface area contributed by atoms with Gasteiger partial charge in [0.05, 0.1) is 22.3 Å². The molecule has 12 heteroatoms. The van der Waals surface area contributed by atoms with Gasteiger partial charge < -0.3 is 14.3 Å². The largest absolute Gasteiger partial charge is 0.421 e. The number of nitriles is 1. The molecule has 0 radical (unpaired) electrons. The molecule has 4 heterocycles. The second kappa shape index (κ2) is 10.4. The Morgan fingerprint density at radius 1 is 1.18 bits per heavy atom. The first kappa shape index (κ1) is 25.7. The average Bonchev–Trinajstić information content (AvgIpc) is 3.59. The number of amides is 1. The third kappa shape index (κ3) is 5.19. The fourth-order valence-corrected chi connectivity index (χ4v) is 5.68. The van der Waals surface area contributed by atoms with Crippen molar-refractivity contribution < 1.29 is 22.8 Å². The summed E-state index contributed by atoms with van der Waals surface area (Å²) in [5.41, 5.74) is 0.259. The third-order valence-electron chi connectivity index (χ3n) is 6.74. The van der Waals surface area contributed by atoms with Gasteiger partial charge in [0, 0.05) is 42.6 Å². The highest BCUT2D eigenvalue weighted by molar-refractivity contribution is 7.10. The summed E-state index contributed by atoms with van der Waals surface area (Å²) >= 11 is 1.51. The molecular weight excluding hydrogens is 519 g/mol. The molecule has 1 atom stereocenters. The zero-order valence-corrected chi connectivity index (χ0v) is 20.8. The number of alkyl halides is 3. The van der Waals surface area contributed by atoms with Crippen molar-refractivity contribution in [1.29, 1.82) is 5.26 Å². The smallest absolute Gasteiger partial charge is 0.387 e. The van der Waals surface area contributed by atoms with E-state index in [0.717, 1.165) is 26.9 Å². The molecule has 2 aliphatic rings. The van der Waals surface area contributed by atoms with Crippen LogP contribution in [-0.4, -0.2) is 39.2 Å². The van der Waals surface area contributed by atoms with Gasteiger partial charge in [0.1, 0.15) is 17.8 Å². The number of oxime groups is 1. The molecule has 196 valence electrons. The summed E-state index contributed by atoms with van der Waals surface area (Å²) < 4.78 is 39.8. The number of benzene rings is 1. The van der Waals surface area contributed by atoms with Crippen molar-refractivity contribution in [1.82, 2.24) is 14.5 Å². The van der Waals surface area contributed by atoms with Crippen molar-refractivity contribution in [3.05, 3.63) is 85.7 Å². The average molecular weight is 542 g/mol. The summed E-state index contributed by atoms with van der Waals surface area (Å²) in [4.78, 5) is 36.8. The molecule has 0 N–H and O–H groups in total. The fourth-order valence-electron chi connectivity index (χ4n) is 4.68.